The molecule has 1 aliphatic rings. The van der Waals surface area contributed by atoms with Gasteiger partial charge in [0.2, 0.25) is 0 Å². The lowest BCUT2D eigenvalue weighted by Gasteiger charge is -2.21. The fourth-order valence-corrected chi connectivity index (χ4v) is 5.74. The predicted molar refractivity (Wildman–Crippen MR) is 162 cm³/mol. The Labute approximate surface area is 222 Å². The van der Waals surface area contributed by atoms with E-state index in [4.69, 9.17) is 4.74 Å². The van der Waals surface area contributed by atoms with Crippen LogP contribution in [0.2, 0.25) is 0 Å². The van der Waals surface area contributed by atoms with E-state index in [1.54, 1.807) is 0 Å². The van der Waals surface area contributed by atoms with E-state index in [0.29, 0.717) is 5.76 Å². The molecule has 0 fully saturated rings. The van der Waals surface area contributed by atoms with Gasteiger partial charge in [-0.2, -0.15) is 0 Å². The molecule has 0 atom stereocenters. The SMILES string of the molecule is C=C1/C=C\C=C/Cc2cccc(-c3c4ccccc4c(-c4ccc5ccccc5c4)c4ccccc34)c2O1. The third kappa shape index (κ3) is 3.72. The van der Waals surface area contributed by atoms with E-state index in [1.165, 1.54) is 49.0 Å². The number of para-hydroxylation sites is 1. The third-order valence-corrected chi connectivity index (χ3v) is 7.44. The Bertz CT molecular complexity index is 1880. The molecule has 0 spiro atoms. The number of fused-ring (bicyclic) bond motifs is 4. The van der Waals surface area contributed by atoms with Crippen molar-refractivity contribution in [2.75, 3.05) is 0 Å². The fraction of sp³-hybridized carbons (Fsp3) is 0.0270. The highest BCUT2D eigenvalue weighted by Crippen LogP contribution is 2.47. The second-order valence-electron chi connectivity index (χ2n) is 9.76. The minimum absolute atomic E-state index is 0.631. The van der Waals surface area contributed by atoms with E-state index in [0.717, 1.165) is 23.3 Å². The summed E-state index contributed by atoms with van der Waals surface area (Å²) in [5, 5.41) is 7.38. The summed E-state index contributed by atoms with van der Waals surface area (Å²) in [5.41, 5.74) is 5.91. The number of rotatable bonds is 2. The highest BCUT2D eigenvalue weighted by atomic mass is 16.5. The van der Waals surface area contributed by atoms with Crippen LogP contribution in [-0.2, 0) is 6.42 Å². The van der Waals surface area contributed by atoms with Crippen LogP contribution in [0.5, 0.6) is 5.75 Å². The lowest BCUT2D eigenvalue weighted by molar-refractivity contribution is 0.444. The quantitative estimate of drug-likeness (QED) is 0.221. The summed E-state index contributed by atoms with van der Waals surface area (Å²) in [4.78, 5) is 0. The topological polar surface area (TPSA) is 9.23 Å². The maximum absolute atomic E-state index is 6.44. The minimum atomic E-state index is 0.631. The normalized spacial score (nSPS) is 14.9. The van der Waals surface area contributed by atoms with Crippen LogP contribution in [0.25, 0.3) is 54.6 Å². The average Bonchev–Trinajstić information content (AvgIpc) is 3.05. The molecule has 6 aromatic carbocycles. The number of ether oxygens (including phenoxy) is 1. The zero-order chi connectivity index (χ0) is 25.5. The highest BCUT2D eigenvalue weighted by Gasteiger charge is 2.20. The molecule has 0 aromatic heterocycles. The second kappa shape index (κ2) is 9.21. The van der Waals surface area contributed by atoms with Gasteiger partial charge < -0.3 is 4.74 Å². The van der Waals surface area contributed by atoms with Crippen LogP contribution in [0.15, 0.2) is 146 Å². The van der Waals surface area contributed by atoms with E-state index in [1.807, 2.05) is 12.2 Å². The van der Waals surface area contributed by atoms with Crippen molar-refractivity contribution in [3.8, 4) is 28.0 Å². The van der Waals surface area contributed by atoms with Crippen LogP contribution in [0.1, 0.15) is 5.56 Å². The van der Waals surface area contributed by atoms with E-state index in [2.05, 4.69) is 128 Å². The molecule has 1 heterocycles. The molecule has 7 rings (SSSR count). The molecule has 0 radical (unpaired) electrons. The first kappa shape index (κ1) is 22.3. The molecule has 0 N–H and O–H groups in total. The van der Waals surface area contributed by atoms with Gasteiger partial charge in [0.1, 0.15) is 11.5 Å². The van der Waals surface area contributed by atoms with E-state index >= 15 is 0 Å². The monoisotopic (exact) mass is 486 g/mol. The summed E-state index contributed by atoms with van der Waals surface area (Å²) >= 11 is 0. The molecule has 1 heteroatoms. The predicted octanol–water partition coefficient (Wildman–Crippen LogP) is 10.0. The van der Waals surface area contributed by atoms with Gasteiger partial charge in [0.05, 0.1) is 0 Å². The summed E-state index contributed by atoms with van der Waals surface area (Å²) in [5.74, 6) is 1.51. The Morgan fingerprint density at radius 3 is 1.97 bits per heavy atom. The molecule has 0 unspecified atom stereocenters. The molecule has 1 aliphatic heterocycles. The van der Waals surface area contributed by atoms with Crippen LogP contribution in [-0.4, -0.2) is 0 Å². The van der Waals surface area contributed by atoms with Crippen molar-refractivity contribution in [1.82, 2.24) is 0 Å². The average molecular weight is 487 g/mol. The lowest BCUT2D eigenvalue weighted by atomic mass is 9.85. The summed E-state index contributed by atoms with van der Waals surface area (Å²) in [6.45, 7) is 4.15. The van der Waals surface area contributed by atoms with Crippen molar-refractivity contribution < 1.29 is 4.74 Å². The molecule has 1 nitrogen and oxygen atoms in total. The van der Waals surface area contributed by atoms with Crippen molar-refractivity contribution in [2.45, 2.75) is 6.42 Å². The van der Waals surface area contributed by atoms with Gasteiger partial charge in [-0.15, -0.1) is 0 Å². The number of benzene rings is 6. The van der Waals surface area contributed by atoms with E-state index in [-0.39, 0.29) is 0 Å². The Morgan fingerprint density at radius 2 is 1.24 bits per heavy atom. The maximum Gasteiger partial charge on any atom is 0.138 e. The van der Waals surface area contributed by atoms with Gasteiger partial charge in [0.25, 0.3) is 0 Å². The number of hydrogen-bond donors (Lipinski definition) is 0. The molecule has 0 bridgehead atoms. The van der Waals surface area contributed by atoms with Crippen LogP contribution in [0, 0.1) is 0 Å². The molecule has 0 saturated carbocycles. The summed E-state index contributed by atoms with van der Waals surface area (Å²) in [6.07, 6.45) is 8.92. The molecular weight excluding hydrogens is 460 g/mol. The zero-order valence-electron chi connectivity index (χ0n) is 21.0. The summed E-state index contributed by atoms with van der Waals surface area (Å²) in [6, 6.07) is 39.3. The fourth-order valence-electron chi connectivity index (χ4n) is 5.74. The van der Waals surface area contributed by atoms with Gasteiger partial charge in [-0.3, -0.25) is 0 Å². The van der Waals surface area contributed by atoms with Crippen molar-refractivity contribution >= 4 is 32.3 Å². The van der Waals surface area contributed by atoms with Gasteiger partial charge >= 0.3 is 0 Å². The van der Waals surface area contributed by atoms with Crippen LogP contribution in [0.4, 0.5) is 0 Å². The van der Waals surface area contributed by atoms with Crippen LogP contribution >= 0.6 is 0 Å². The minimum Gasteiger partial charge on any atom is -0.457 e. The Morgan fingerprint density at radius 1 is 0.579 bits per heavy atom. The van der Waals surface area contributed by atoms with E-state index < -0.39 is 0 Å². The molecular formula is C37H26O. The third-order valence-electron chi connectivity index (χ3n) is 7.44. The maximum atomic E-state index is 6.44. The van der Waals surface area contributed by atoms with Crippen molar-refractivity contribution in [1.29, 1.82) is 0 Å². The van der Waals surface area contributed by atoms with Crippen molar-refractivity contribution in [3.05, 3.63) is 151 Å². The first-order valence-electron chi connectivity index (χ1n) is 13.0. The van der Waals surface area contributed by atoms with E-state index in [9.17, 15) is 0 Å². The first-order chi connectivity index (χ1) is 18.8. The highest BCUT2D eigenvalue weighted by molar-refractivity contribution is 6.22. The Balaban J connectivity index is 1.58. The number of hydrogen-bond acceptors (Lipinski definition) is 1. The van der Waals surface area contributed by atoms with Crippen LogP contribution in [0.3, 0.4) is 0 Å². The number of allylic oxidation sites excluding steroid dienone is 4. The van der Waals surface area contributed by atoms with Gasteiger partial charge in [-0.1, -0.05) is 128 Å². The standard InChI is InChI=1S/C37H26O/c1-25-12-3-2-4-14-27-16-11-21-34(37(27)38-25)36-32-19-9-7-17-30(32)35(31-18-8-10-20-33(31)36)29-23-22-26-13-5-6-15-28(26)24-29/h2-13,15-24H,1,14H2/b4-2-,12-3-. The van der Waals surface area contributed by atoms with Gasteiger partial charge in [0, 0.05) is 11.1 Å². The van der Waals surface area contributed by atoms with Crippen LogP contribution < -0.4 is 4.74 Å². The lowest BCUT2D eigenvalue weighted by Crippen LogP contribution is -1.99. The van der Waals surface area contributed by atoms with Gasteiger partial charge in [-0.05, 0) is 67.6 Å². The molecule has 38 heavy (non-hydrogen) atoms. The molecule has 6 aromatic rings. The second-order valence-corrected chi connectivity index (χ2v) is 9.76. The first-order valence-corrected chi connectivity index (χ1v) is 13.0. The van der Waals surface area contributed by atoms with Gasteiger partial charge in [0.15, 0.2) is 0 Å². The largest absolute Gasteiger partial charge is 0.457 e. The summed E-state index contributed by atoms with van der Waals surface area (Å²) in [7, 11) is 0. The summed E-state index contributed by atoms with van der Waals surface area (Å²) < 4.78 is 6.44. The molecule has 0 saturated heterocycles. The smallest absolute Gasteiger partial charge is 0.138 e. The van der Waals surface area contributed by atoms with Crippen molar-refractivity contribution in [3.63, 3.8) is 0 Å². The Kier molecular flexibility index (Phi) is 5.41. The molecule has 180 valence electrons. The Hall–Kier alpha value is -4.88. The zero-order valence-corrected chi connectivity index (χ0v) is 21.0. The van der Waals surface area contributed by atoms with Gasteiger partial charge in [-0.25, -0.2) is 0 Å². The molecule has 0 amide bonds. The van der Waals surface area contributed by atoms with Crippen molar-refractivity contribution in [2.24, 2.45) is 0 Å². The molecule has 0 aliphatic carbocycles.